The molecule has 0 saturated carbocycles. The summed E-state index contributed by atoms with van der Waals surface area (Å²) in [5.74, 6) is -2.38. The van der Waals surface area contributed by atoms with Crippen molar-refractivity contribution in [1.82, 2.24) is 5.32 Å². The number of hydrogen-bond donors (Lipinski definition) is 4. The lowest BCUT2D eigenvalue weighted by atomic mass is 10.1. The zero-order chi connectivity index (χ0) is 30.9. The van der Waals surface area contributed by atoms with Gasteiger partial charge in [0.25, 0.3) is 11.8 Å². The second-order valence-corrected chi connectivity index (χ2v) is 11.0. The van der Waals surface area contributed by atoms with Crippen molar-refractivity contribution in [3.63, 3.8) is 0 Å². The number of rotatable bonds is 10. The molecule has 4 aromatic rings. The van der Waals surface area contributed by atoms with Gasteiger partial charge in [0, 0.05) is 37.4 Å². The number of halogens is 2. The van der Waals surface area contributed by atoms with E-state index in [4.69, 9.17) is 23.2 Å². The van der Waals surface area contributed by atoms with Crippen molar-refractivity contribution in [3.8, 4) is 0 Å². The molecule has 8 nitrogen and oxygen atoms in total. The van der Waals surface area contributed by atoms with Crippen molar-refractivity contribution in [2.45, 2.75) is 11.8 Å². The second kappa shape index (κ2) is 14.6. The smallest absolute Gasteiger partial charge is 0.335 e. The van der Waals surface area contributed by atoms with Gasteiger partial charge in [-0.1, -0.05) is 53.5 Å². The van der Waals surface area contributed by atoms with Crippen molar-refractivity contribution in [3.05, 3.63) is 129 Å². The summed E-state index contributed by atoms with van der Waals surface area (Å²) in [5.41, 5.74) is 2.38. The molecule has 0 aliphatic carbocycles. The van der Waals surface area contributed by atoms with Gasteiger partial charge < -0.3 is 21.1 Å². The highest BCUT2D eigenvalue weighted by atomic mass is 35.5. The van der Waals surface area contributed by atoms with Crippen LogP contribution in [-0.4, -0.2) is 34.6 Å². The molecule has 0 atom stereocenters. The van der Waals surface area contributed by atoms with E-state index in [0.29, 0.717) is 32.5 Å². The van der Waals surface area contributed by atoms with Crippen molar-refractivity contribution in [2.75, 3.05) is 16.4 Å². The molecular formula is C32H25Cl2N3O5S. The summed E-state index contributed by atoms with van der Waals surface area (Å²) >= 11 is 13.9. The Hall–Kier alpha value is -4.57. The first-order valence-corrected chi connectivity index (χ1v) is 14.5. The number of hydrogen-bond acceptors (Lipinski definition) is 5. The number of anilines is 2. The Morgan fingerprint density at radius 3 is 2.14 bits per heavy atom. The van der Waals surface area contributed by atoms with Crippen LogP contribution in [0.1, 0.15) is 31.8 Å². The number of aryl methyl sites for hydroxylation is 1. The number of benzene rings is 4. The van der Waals surface area contributed by atoms with E-state index in [1.54, 1.807) is 85.8 Å². The molecule has 0 fully saturated rings. The minimum atomic E-state index is -1.08. The molecule has 43 heavy (non-hydrogen) atoms. The van der Waals surface area contributed by atoms with Gasteiger partial charge in [0.1, 0.15) is 5.70 Å². The molecule has 0 aromatic heterocycles. The van der Waals surface area contributed by atoms with E-state index in [1.807, 2.05) is 0 Å². The predicted octanol–water partition coefficient (Wildman–Crippen LogP) is 7.14. The molecule has 0 spiro atoms. The van der Waals surface area contributed by atoms with E-state index in [0.717, 1.165) is 10.5 Å². The van der Waals surface area contributed by atoms with Gasteiger partial charge in [-0.25, -0.2) is 4.79 Å². The van der Waals surface area contributed by atoms with Crippen LogP contribution in [0.4, 0.5) is 11.4 Å². The summed E-state index contributed by atoms with van der Waals surface area (Å²) in [5, 5.41) is 18.0. The maximum Gasteiger partial charge on any atom is 0.335 e. The Labute approximate surface area is 262 Å². The summed E-state index contributed by atoms with van der Waals surface area (Å²) in [7, 11) is 0. The fourth-order valence-corrected chi connectivity index (χ4v) is 5.00. The van der Waals surface area contributed by atoms with Crippen LogP contribution >= 0.6 is 35.0 Å². The number of amides is 3. The van der Waals surface area contributed by atoms with Crippen LogP contribution in [0.15, 0.2) is 102 Å². The average molecular weight is 635 g/mol. The summed E-state index contributed by atoms with van der Waals surface area (Å²) in [6.45, 7) is 1.78. The molecule has 4 rings (SSSR count). The number of aromatic carboxylic acids is 1. The summed E-state index contributed by atoms with van der Waals surface area (Å²) < 4.78 is 0. The van der Waals surface area contributed by atoms with E-state index in [9.17, 15) is 24.3 Å². The molecule has 0 unspecified atom stereocenters. The Bertz CT molecular complexity index is 1690. The fraction of sp³-hybridized carbons (Fsp3) is 0.0625. The van der Waals surface area contributed by atoms with E-state index in [1.165, 1.54) is 30.0 Å². The first-order chi connectivity index (χ1) is 20.6. The molecule has 0 bridgehead atoms. The molecule has 218 valence electrons. The van der Waals surface area contributed by atoms with Gasteiger partial charge >= 0.3 is 5.97 Å². The lowest BCUT2D eigenvalue weighted by Crippen LogP contribution is -2.30. The summed E-state index contributed by atoms with van der Waals surface area (Å²) in [6, 6.07) is 24.7. The van der Waals surface area contributed by atoms with E-state index < -0.39 is 17.8 Å². The molecule has 11 heteroatoms. The number of carbonyl (C=O) groups is 4. The minimum absolute atomic E-state index is 0.0683. The third-order valence-corrected chi connectivity index (χ3v) is 7.73. The summed E-state index contributed by atoms with van der Waals surface area (Å²) in [6.07, 6.45) is 1.41. The quantitative estimate of drug-likeness (QED) is 0.109. The normalized spacial score (nSPS) is 11.0. The van der Waals surface area contributed by atoms with Crippen molar-refractivity contribution >= 4 is 76.1 Å². The van der Waals surface area contributed by atoms with Gasteiger partial charge in [-0.2, -0.15) is 0 Å². The van der Waals surface area contributed by atoms with Gasteiger partial charge in [0.05, 0.1) is 11.3 Å². The Balaban J connectivity index is 1.43. The first-order valence-electron chi connectivity index (χ1n) is 12.8. The maximum atomic E-state index is 13.3. The predicted molar refractivity (Wildman–Crippen MR) is 171 cm³/mol. The van der Waals surface area contributed by atoms with Gasteiger partial charge in [0.2, 0.25) is 5.91 Å². The fourth-order valence-electron chi connectivity index (χ4n) is 3.79. The average Bonchev–Trinajstić information content (AvgIpc) is 2.99. The zero-order valence-corrected chi connectivity index (χ0v) is 25.0. The maximum absolute atomic E-state index is 13.3. The largest absolute Gasteiger partial charge is 0.478 e. The standard InChI is InChI=1S/C32H25Cl2N3O5S/c1-19-10-11-21(32(41)42)16-27(19)36-29(38)18-43-23-14-12-22(13-15-23)35-31(40)28(17-24-25(33)8-5-9-26(24)34)37-30(39)20-6-3-2-4-7-20/h2-17H,18H2,1H3,(H,35,40)(H,36,38)(H,37,39)(H,41,42)/b28-17-. The minimum Gasteiger partial charge on any atom is -0.478 e. The highest BCUT2D eigenvalue weighted by molar-refractivity contribution is 8.00. The lowest BCUT2D eigenvalue weighted by molar-refractivity contribution is -0.114. The molecule has 3 amide bonds. The number of carbonyl (C=O) groups excluding carboxylic acids is 3. The highest BCUT2D eigenvalue weighted by Crippen LogP contribution is 2.27. The van der Waals surface area contributed by atoms with Crippen LogP contribution in [0.25, 0.3) is 6.08 Å². The van der Waals surface area contributed by atoms with Crippen LogP contribution in [0.5, 0.6) is 0 Å². The number of carboxylic acids is 1. The van der Waals surface area contributed by atoms with Crippen molar-refractivity contribution in [2.24, 2.45) is 0 Å². The van der Waals surface area contributed by atoms with Crippen LogP contribution in [0.3, 0.4) is 0 Å². The number of thioether (sulfide) groups is 1. The van der Waals surface area contributed by atoms with E-state index >= 15 is 0 Å². The van der Waals surface area contributed by atoms with Crippen molar-refractivity contribution in [1.29, 1.82) is 0 Å². The van der Waals surface area contributed by atoms with Crippen LogP contribution in [0.2, 0.25) is 10.0 Å². The Morgan fingerprint density at radius 2 is 1.49 bits per heavy atom. The van der Waals surface area contributed by atoms with Crippen LogP contribution in [0, 0.1) is 6.92 Å². The van der Waals surface area contributed by atoms with Crippen molar-refractivity contribution < 1.29 is 24.3 Å². The highest BCUT2D eigenvalue weighted by Gasteiger charge is 2.17. The Kier molecular flexibility index (Phi) is 10.6. The molecule has 0 aliphatic rings. The first kappa shape index (κ1) is 31.4. The number of nitrogens with one attached hydrogen (secondary N) is 3. The van der Waals surface area contributed by atoms with Crippen LogP contribution < -0.4 is 16.0 Å². The molecule has 0 aliphatic heterocycles. The van der Waals surface area contributed by atoms with E-state index in [-0.39, 0.29) is 22.9 Å². The second-order valence-electron chi connectivity index (χ2n) is 9.16. The molecule has 0 saturated heterocycles. The SMILES string of the molecule is Cc1ccc(C(=O)O)cc1NC(=O)CSc1ccc(NC(=O)/C(=C/c2c(Cl)cccc2Cl)NC(=O)c2ccccc2)cc1. The molecule has 0 heterocycles. The molecule has 4 N–H and O–H groups in total. The van der Waals surface area contributed by atoms with E-state index in [2.05, 4.69) is 16.0 Å². The monoisotopic (exact) mass is 633 g/mol. The Morgan fingerprint density at radius 1 is 0.814 bits per heavy atom. The third kappa shape index (κ3) is 8.71. The topological polar surface area (TPSA) is 125 Å². The van der Waals surface area contributed by atoms with Crippen LogP contribution in [-0.2, 0) is 9.59 Å². The molecule has 0 radical (unpaired) electrons. The summed E-state index contributed by atoms with van der Waals surface area (Å²) in [4.78, 5) is 50.7. The van der Waals surface area contributed by atoms with Gasteiger partial charge in [-0.15, -0.1) is 11.8 Å². The zero-order valence-electron chi connectivity index (χ0n) is 22.7. The lowest BCUT2D eigenvalue weighted by Gasteiger charge is -2.13. The van der Waals surface area contributed by atoms with Gasteiger partial charge in [-0.3, -0.25) is 14.4 Å². The van der Waals surface area contributed by atoms with Gasteiger partial charge in [-0.05, 0) is 79.2 Å². The number of carboxylic acid groups (broad SMARTS) is 1. The van der Waals surface area contributed by atoms with Gasteiger partial charge in [0.15, 0.2) is 0 Å². The molecular weight excluding hydrogens is 609 g/mol. The molecule has 4 aromatic carbocycles. The third-order valence-electron chi connectivity index (χ3n) is 6.06.